The van der Waals surface area contributed by atoms with E-state index in [9.17, 15) is 9.59 Å². The van der Waals surface area contributed by atoms with Crippen LogP contribution in [-0.4, -0.2) is 29.6 Å². The van der Waals surface area contributed by atoms with Gasteiger partial charge in [0.05, 0.1) is 19.1 Å². The molecule has 1 heterocycles. The van der Waals surface area contributed by atoms with Gasteiger partial charge < -0.3 is 10.1 Å². The molecular formula is C17H18N4O3. The number of hydrazone groups is 1. The van der Waals surface area contributed by atoms with Gasteiger partial charge in [-0.2, -0.15) is 5.10 Å². The van der Waals surface area contributed by atoms with Crippen LogP contribution in [0.2, 0.25) is 0 Å². The fourth-order valence-corrected chi connectivity index (χ4v) is 1.89. The molecule has 0 spiro atoms. The van der Waals surface area contributed by atoms with Gasteiger partial charge in [0.2, 0.25) is 5.91 Å². The average Bonchev–Trinajstić information content (AvgIpc) is 2.60. The van der Waals surface area contributed by atoms with Crippen LogP contribution in [0.25, 0.3) is 0 Å². The Morgan fingerprint density at radius 2 is 2.08 bits per heavy atom. The fourth-order valence-electron chi connectivity index (χ4n) is 1.89. The maximum absolute atomic E-state index is 12.0. The summed E-state index contributed by atoms with van der Waals surface area (Å²) in [5, 5.41) is 6.66. The van der Waals surface area contributed by atoms with E-state index in [1.165, 1.54) is 6.20 Å². The first kappa shape index (κ1) is 17.1. The predicted molar refractivity (Wildman–Crippen MR) is 91.1 cm³/mol. The van der Waals surface area contributed by atoms with E-state index < -0.39 is 0 Å². The van der Waals surface area contributed by atoms with Gasteiger partial charge in [-0.05, 0) is 31.2 Å². The Morgan fingerprint density at radius 3 is 2.79 bits per heavy atom. The lowest BCUT2D eigenvalue weighted by atomic mass is 10.2. The van der Waals surface area contributed by atoms with E-state index in [-0.39, 0.29) is 18.2 Å². The molecule has 124 valence electrons. The van der Waals surface area contributed by atoms with Gasteiger partial charge in [-0.15, -0.1) is 0 Å². The lowest BCUT2D eigenvalue weighted by Crippen LogP contribution is -2.21. The summed E-state index contributed by atoms with van der Waals surface area (Å²) in [5.41, 5.74) is 3.90. The lowest BCUT2D eigenvalue weighted by Gasteiger charge is -2.07. The third-order valence-corrected chi connectivity index (χ3v) is 3.04. The number of carbonyl (C=O) groups is 2. The van der Waals surface area contributed by atoms with Gasteiger partial charge in [-0.3, -0.25) is 14.6 Å². The van der Waals surface area contributed by atoms with Crippen molar-refractivity contribution in [1.82, 2.24) is 10.4 Å². The summed E-state index contributed by atoms with van der Waals surface area (Å²) in [4.78, 5) is 27.7. The molecule has 0 atom stereocenters. The molecule has 0 aliphatic heterocycles. The van der Waals surface area contributed by atoms with Gasteiger partial charge >= 0.3 is 0 Å². The van der Waals surface area contributed by atoms with E-state index in [4.69, 9.17) is 4.74 Å². The molecule has 7 heteroatoms. The van der Waals surface area contributed by atoms with E-state index in [0.717, 1.165) is 0 Å². The average molecular weight is 326 g/mol. The Kier molecular flexibility index (Phi) is 6.01. The monoisotopic (exact) mass is 326 g/mol. The SMILES string of the molecule is COc1cccc(NC(=O)CC(C)=NNC(=O)c2cccnc2)c1. The Hall–Kier alpha value is -3.22. The maximum atomic E-state index is 12.0. The van der Waals surface area contributed by atoms with Crippen LogP contribution in [0.15, 0.2) is 53.9 Å². The zero-order valence-corrected chi connectivity index (χ0v) is 13.4. The fraction of sp³-hybridized carbons (Fsp3) is 0.176. The van der Waals surface area contributed by atoms with Crippen molar-refractivity contribution in [3.05, 3.63) is 54.4 Å². The van der Waals surface area contributed by atoms with Gasteiger partial charge in [0, 0.05) is 29.9 Å². The topological polar surface area (TPSA) is 92.7 Å². The summed E-state index contributed by atoms with van der Waals surface area (Å²) in [5.74, 6) is 0.0395. The van der Waals surface area contributed by atoms with Crippen LogP contribution < -0.4 is 15.5 Å². The summed E-state index contributed by atoms with van der Waals surface area (Å²) < 4.78 is 5.10. The first-order valence-corrected chi connectivity index (χ1v) is 7.26. The highest BCUT2D eigenvalue weighted by Gasteiger charge is 2.07. The summed E-state index contributed by atoms with van der Waals surface area (Å²) in [7, 11) is 1.56. The lowest BCUT2D eigenvalue weighted by molar-refractivity contribution is -0.115. The molecule has 0 fully saturated rings. The van der Waals surface area contributed by atoms with Gasteiger partial charge in [-0.25, -0.2) is 5.43 Å². The molecule has 0 aliphatic carbocycles. The molecule has 7 nitrogen and oxygen atoms in total. The highest BCUT2D eigenvalue weighted by Crippen LogP contribution is 2.16. The Bertz CT molecular complexity index is 745. The van der Waals surface area contributed by atoms with Crippen molar-refractivity contribution < 1.29 is 14.3 Å². The minimum Gasteiger partial charge on any atom is -0.497 e. The van der Waals surface area contributed by atoms with E-state index in [1.807, 2.05) is 0 Å². The van der Waals surface area contributed by atoms with Crippen molar-refractivity contribution >= 4 is 23.2 Å². The van der Waals surface area contributed by atoms with Crippen LogP contribution in [0, 0.1) is 0 Å². The number of rotatable bonds is 6. The minimum atomic E-state index is -0.379. The summed E-state index contributed by atoms with van der Waals surface area (Å²) in [6.07, 6.45) is 3.08. The Balaban J connectivity index is 1.87. The first-order valence-electron chi connectivity index (χ1n) is 7.26. The van der Waals surface area contributed by atoms with Crippen molar-refractivity contribution in [2.45, 2.75) is 13.3 Å². The highest BCUT2D eigenvalue weighted by atomic mass is 16.5. The molecular weight excluding hydrogens is 308 g/mol. The third kappa shape index (κ3) is 5.20. The second-order valence-corrected chi connectivity index (χ2v) is 4.99. The number of aromatic nitrogens is 1. The Labute approximate surface area is 139 Å². The number of methoxy groups -OCH3 is 1. The van der Waals surface area contributed by atoms with Crippen LogP contribution in [0.4, 0.5) is 5.69 Å². The smallest absolute Gasteiger partial charge is 0.272 e. The normalized spacial score (nSPS) is 10.8. The zero-order valence-electron chi connectivity index (χ0n) is 13.4. The van der Waals surface area contributed by atoms with Crippen LogP contribution in [0.5, 0.6) is 5.75 Å². The number of hydrogen-bond donors (Lipinski definition) is 2. The van der Waals surface area contributed by atoms with Crippen LogP contribution >= 0.6 is 0 Å². The minimum absolute atomic E-state index is 0.0600. The number of hydrogen-bond acceptors (Lipinski definition) is 5. The summed E-state index contributed by atoms with van der Waals surface area (Å²) >= 11 is 0. The molecule has 2 aromatic rings. The van der Waals surface area contributed by atoms with Gasteiger partial charge in [-0.1, -0.05) is 6.07 Å². The van der Waals surface area contributed by atoms with Crippen LogP contribution in [0.3, 0.4) is 0 Å². The molecule has 0 aliphatic rings. The Morgan fingerprint density at radius 1 is 1.25 bits per heavy atom. The molecule has 1 aromatic carbocycles. The van der Waals surface area contributed by atoms with Crippen LogP contribution in [0.1, 0.15) is 23.7 Å². The van der Waals surface area contributed by atoms with Gasteiger partial charge in [0.15, 0.2) is 0 Å². The summed E-state index contributed by atoms with van der Waals surface area (Å²) in [6.45, 7) is 1.66. The number of carbonyl (C=O) groups excluding carboxylic acids is 2. The summed E-state index contributed by atoms with van der Waals surface area (Å²) in [6, 6.07) is 10.3. The number of nitrogens with one attached hydrogen (secondary N) is 2. The van der Waals surface area contributed by atoms with E-state index in [2.05, 4.69) is 20.8 Å². The van der Waals surface area contributed by atoms with Gasteiger partial charge in [0.25, 0.3) is 5.91 Å². The quantitative estimate of drug-likeness (QED) is 0.629. The van der Waals surface area contributed by atoms with Crippen molar-refractivity contribution in [3.63, 3.8) is 0 Å². The first-order chi connectivity index (χ1) is 11.6. The molecule has 0 saturated heterocycles. The van der Waals surface area contributed by atoms with Gasteiger partial charge in [0.1, 0.15) is 5.75 Å². The molecule has 2 amide bonds. The predicted octanol–water partition coefficient (Wildman–Crippen LogP) is 2.22. The maximum Gasteiger partial charge on any atom is 0.272 e. The standard InChI is InChI=1S/C17H18N4O3/c1-12(20-21-17(23)13-5-4-8-18-11-13)9-16(22)19-14-6-3-7-15(10-14)24-2/h3-8,10-11H,9H2,1-2H3,(H,19,22)(H,21,23). The van der Waals surface area contributed by atoms with Crippen molar-refractivity contribution in [3.8, 4) is 5.75 Å². The molecule has 24 heavy (non-hydrogen) atoms. The van der Waals surface area contributed by atoms with E-state index in [1.54, 1.807) is 56.6 Å². The highest BCUT2D eigenvalue weighted by molar-refractivity contribution is 6.06. The number of nitrogens with zero attached hydrogens (tertiary/aromatic N) is 2. The van der Waals surface area contributed by atoms with Crippen molar-refractivity contribution in [2.24, 2.45) is 5.10 Å². The zero-order chi connectivity index (χ0) is 17.4. The number of pyridine rings is 1. The molecule has 0 radical (unpaired) electrons. The molecule has 0 unspecified atom stereocenters. The van der Waals surface area contributed by atoms with E-state index in [0.29, 0.717) is 22.7 Å². The largest absolute Gasteiger partial charge is 0.497 e. The third-order valence-electron chi connectivity index (χ3n) is 3.04. The van der Waals surface area contributed by atoms with Crippen LogP contribution in [-0.2, 0) is 4.79 Å². The number of amides is 2. The molecule has 0 bridgehead atoms. The molecule has 2 N–H and O–H groups in total. The number of benzene rings is 1. The second kappa shape index (κ2) is 8.42. The second-order valence-electron chi connectivity index (χ2n) is 4.99. The molecule has 2 rings (SSSR count). The number of ether oxygens (including phenoxy) is 1. The van der Waals surface area contributed by atoms with Crippen molar-refractivity contribution in [1.29, 1.82) is 0 Å². The number of anilines is 1. The molecule has 0 saturated carbocycles. The van der Waals surface area contributed by atoms with Crippen molar-refractivity contribution in [2.75, 3.05) is 12.4 Å². The van der Waals surface area contributed by atoms with E-state index >= 15 is 0 Å². The molecule has 1 aromatic heterocycles.